The molecule has 5 nitrogen and oxygen atoms in total. The minimum absolute atomic E-state index is 0.0595. The number of nitrogens with zero attached hydrogens (tertiary/aromatic N) is 2. The van der Waals surface area contributed by atoms with Gasteiger partial charge >= 0.3 is 0 Å². The first-order valence-electron chi connectivity index (χ1n) is 4.22. The fourth-order valence-electron chi connectivity index (χ4n) is 1.30. The van der Waals surface area contributed by atoms with E-state index in [1.807, 2.05) is 0 Å². The number of hydrogen-bond donors (Lipinski definition) is 0. The molecule has 6 heteroatoms. The average molecular weight is 226 g/mol. The molecule has 1 rings (SSSR count). The Kier molecular flexibility index (Phi) is 3.31. The van der Waals surface area contributed by atoms with E-state index in [2.05, 4.69) is 0 Å². The highest BCUT2D eigenvalue weighted by Crippen LogP contribution is 2.23. The zero-order valence-electron chi connectivity index (χ0n) is 8.39. The molecule has 0 saturated carbocycles. The smallest absolute Gasteiger partial charge is 0.289 e. The van der Waals surface area contributed by atoms with E-state index >= 15 is 0 Å². The summed E-state index contributed by atoms with van der Waals surface area (Å²) in [6, 6.07) is 0. The van der Waals surface area contributed by atoms with Gasteiger partial charge in [-0.2, -0.15) is 0 Å². The number of aldehydes is 1. The van der Waals surface area contributed by atoms with Gasteiger partial charge < -0.3 is 4.90 Å². The maximum Gasteiger partial charge on any atom is 0.289 e. The monoisotopic (exact) mass is 226 g/mol. The molecule has 15 heavy (non-hydrogen) atoms. The fraction of sp³-hybridized carbons (Fsp3) is 0.333. The number of thiocarbonyl (C=S) groups is 1. The van der Waals surface area contributed by atoms with Gasteiger partial charge in [0.1, 0.15) is 0 Å². The molecule has 0 aromatic heterocycles. The molecule has 1 aliphatic rings. The highest BCUT2D eigenvalue weighted by molar-refractivity contribution is 7.81. The second-order valence-corrected chi connectivity index (χ2v) is 3.79. The summed E-state index contributed by atoms with van der Waals surface area (Å²) >= 11 is 4.98. The van der Waals surface area contributed by atoms with Crippen molar-refractivity contribution in [2.24, 2.45) is 0 Å². The van der Waals surface area contributed by atoms with E-state index in [-0.39, 0.29) is 17.7 Å². The third-order valence-corrected chi connectivity index (χ3v) is 2.48. The van der Waals surface area contributed by atoms with E-state index in [1.54, 1.807) is 19.0 Å². The predicted octanol–water partition coefficient (Wildman–Crippen LogP) is 0.935. The highest BCUT2D eigenvalue weighted by atomic mass is 32.1. The van der Waals surface area contributed by atoms with Crippen molar-refractivity contribution < 1.29 is 9.72 Å². The number of carbonyl (C=O) groups is 1. The van der Waals surface area contributed by atoms with Gasteiger partial charge in [0, 0.05) is 37.0 Å². The van der Waals surface area contributed by atoms with Crippen LogP contribution < -0.4 is 0 Å². The summed E-state index contributed by atoms with van der Waals surface area (Å²) in [6.07, 6.45) is 2.05. The molecule has 80 valence electrons. The third kappa shape index (κ3) is 2.27. The molecule has 0 amide bonds. The normalized spacial score (nSPS) is 16.1. The minimum atomic E-state index is -0.499. The van der Waals surface area contributed by atoms with Crippen LogP contribution in [0.3, 0.4) is 0 Å². The molecule has 0 spiro atoms. The lowest BCUT2D eigenvalue weighted by Gasteiger charge is -2.20. The topological polar surface area (TPSA) is 63.4 Å². The first-order chi connectivity index (χ1) is 6.97. The van der Waals surface area contributed by atoms with Gasteiger partial charge in [-0.15, -0.1) is 0 Å². The third-order valence-electron chi connectivity index (χ3n) is 2.10. The highest BCUT2D eigenvalue weighted by Gasteiger charge is 2.26. The lowest BCUT2D eigenvalue weighted by Crippen LogP contribution is -2.23. The number of allylic oxidation sites excluding steroid dienone is 3. The molecule has 0 bridgehead atoms. The Morgan fingerprint density at radius 3 is 2.60 bits per heavy atom. The molecular weight excluding hydrogens is 216 g/mol. The molecule has 1 aliphatic carbocycles. The summed E-state index contributed by atoms with van der Waals surface area (Å²) in [4.78, 5) is 22.9. The second-order valence-electron chi connectivity index (χ2n) is 3.30. The Labute approximate surface area is 92.2 Å². The summed E-state index contributed by atoms with van der Waals surface area (Å²) in [5.74, 6) is 0. The van der Waals surface area contributed by atoms with E-state index < -0.39 is 4.92 Å². The van der Waals surface area contributed by atoms with Crippen molar-refractivity contribution in [2.75, 3.05) is 14.1 Å². The maximum atomic E-state index is 10.8. The van der Waals surface area contributed by atoms with Crippen LogP contribution in [0.5, 0.6) is 0 Å². The van der Waals surface area contributed by atoms with Crippen LogP contribution in [0, 0.1) is 10.1 Å². The lowest BCUT2D eigenvalue weighted by molar-refractivity contribution is -0.421. The number of rotatable bonds is 3. The van der Waals surface area contributed by atoms with Gasteiger partial charge in [-0.25, -0.2) is 0 Å². The van der Waals surface area contributed by atoms with Crippen LogP contribution in [-0.2, 0) is 4.79 Å². The van der Waals surface area contributed by atoms with Crippen molar-refractivity contribution >= 4 is 23.4 Å². The van der Waals surface area contributed by atoms with Crippen LogP contribution >= 0.6 is 12.2 Å². The van der Waals surface area contributed by atoms with Crippen LogP contribution in [0.15, 0.2) is 23.0 Å². The van der Waals surface area contributed by atoms with Gasteiger partial charge in [0.25, 0.3) is 5.70 Å². The van der Waals surface area contributed by atoms with Crippen LogP contribution in [0.1, 0.15) is 6.42 Å². The van der Waals surface area contributed by atoms with Crippen molar-refractivity contribution in [1.82, 2.24) is 4.90 Å². The van der Waals surface area contributed by atoms with Crippen molar-refractivity contribution in [2.45, 2.75) is 6.42 Å². The van der Waals surface area contributed by atoms with Crippen LogP contribution in [0.4, 0.5) is 0 Å². The van der Waals surface area contributed by atoms with Crippen LogP contribution in [-0.4, -0.2) is 35.1 Å². The quantitative estimate of drug-likeness (QED) is 0.310. The molecule has 0 saturated heterocycles. The van der Waals surface area contributed by atoms with Crippen molar-refractivity contribution in [3.05, 3.63) is 33.2 Å². The van der Waals surface area contributed by atoms with Gasteiger partial charge in [-0.1, -0.05) is 12.2 Å². The average Bonchev–Trinajstić information content (AvgIpc) is 2.16. The lowest BCUT2D eigenvalue weighted by atomic mass is 10.0. The predicted molar refractivity (Wildman–Crippen MR) is 59.1 cm³/mol. The molecule has 0 atom stereocenters. The van der Waals surface area contributed by atoms with Crippen LogP contribution in [0.2, 0.25) is 0 Å². The molecule has 0 heterocycles. The SMILES string of the molecule is CN(C)C1=C([N+](=O)[O-])C=C(C=O)C(=S)C1. The number of hydrogen-bond acceptors (Lipinski definition) is 5. The van der Waals surface area contributed by atoms with E-state index in [1.165, 1.54) is 6.08 Å². The van der Waals surface area contributed by atoms with Crippen molar-refractivity contribution in [1.29, 1.82) is 0 Å². The Morgan fingerprint density at radius 1 is 1.60 bits per heavy atom. The molecule has 0 N–H and O–H groups in total. The van der Waals surface area contributed by atoms with E-state index in [0.29, 0.717) is 16.8 Å². The first-order valence-corrected chi connectivity index (χ1v) is 4.63. The van der Waals surface area contributed by atoms with Gasteiger partial charge in [-0.05, 0) is 0 Å². The zero-order chi connectivity index (χ0) is 11.6. The molecule has 0 unspecified atom stereocenters. The minimum Gasteiger partial charge on any atom is -0.375 e. The molecule has 0 fully saturated rings. The largest absolute Gasteiger partial charge is 0.375 e. The Morgan fingerprint density at radius 2 is 2.20 bits per heavy atom. The fourth-order valence-corrected chi connectivity index (χ4v) is 1.54. The summed E-state index contributed by atoms with van der Waals surface area (Å²) in [5.41, 5.74) is 0.689. The molecule has 0 aliphatic heterocycles. The second kappa shape index (κ2) is 4.31. The number of carbonyl (C=O) groups excluding carboxylic acids is 1. The molecule has 0 aromatic carbocycles. The Balaban J connectivity index is 3.27. The Bertz CT molecular complexity index is 396. The first kappa shape index (κ1) is 11.5. The van der Waals surface area contributed by atoms with E-state index in [4.69, 9.17) is 12.2 Å². The summed E-state index contributed by atoms with van der Waals surface area (Å²) in [7, 11) is 3.42. The molecular formula is C9H10N2O3S. The van der Waals surface area contributed by atoms with Gasteiger partial charge in [-0.3, -0.25) is 14.9 Å². The summed E-state index contributed by atoms with van der Waals surface area (Å²) in [6.45, 7) is 0. The van der Waals surface area contributed by atoms with E-state index in [9.17, 15) is 14.9 Å². The van der Waals surface area contributed by atoms with Gasteiger partial charge in [0.2, 0.25) is 0 Å². The zero-order valence-corrected chi connectivity index (χ0v) is 9.21. The van der Waals surface area contributed by atoms with Crippen molar-refractivity contribution in [3.63, 3.8) is 0 Å². The number of nitro groups is 1. The van der Waals surface area contributed by atoms with Gasteiger partial charge in [0.15, 0.2) is 6.29 Å². The maximum absolute atomic E-state index is 10.8. The van der Waals surface area contributed by atoms with Crippen LogP contribution in [0.25, 0.3) is 0 Å². The molecule has 0 radical (unpaired) electrons. The summed E-state index contributed by atoms with van der Waals surface area (Å²) < 4.78 is 0. The van der Waals surface area contributed by atoms with E-state index in [0.717, 1.165) is 0 Å². The Hall–Kier alpha value is -1.56. The van der Waals surface area contributed by atoms with Gasteiger partial charge in [0.05, 0.1) is 10.6 Å². The standard InChI is InChI=1S/C9H10N2O3S/c1-10(2)7-4-9(15)6(5-12)3-8(7)11(13)14/h3,5H,4H2,1-2H3. The summed E-state index contributed by atoms with van der Waals surface area (Å²) in [5, 5.41) is 10.8. The van der Waals surface area contributed by atoms with Crippen molar-refractivity contribution in [3.8, 4) is 0 Å². The molecule has 0 aromatic rings.